The molecule has 1 aliphatic heterocycles. The van der Waals surface area contributed by atoms with Crippen molar-refractivity contribution in [2.75, 3.05) is 20.3 Å². The zero-order valence-electron chi connectivity index (χ0n) is 16.7. The number of aliphatic imine (C=N–C) groups is 1. The summed E-state index contributed by atoms with van der Waals surface area (Å²) in [6.07, 6.45) is 1.55. The molecular weight excluding hydrogens is 410 g/mol. The van der Waals surface area contributed by atoms with Crippen molar-refractivity contribution in [2.45, 2.75) is 13.8 Å². The summed E-state index contributed by atoms with van der Waals surface area (Å²) in [5.74, 6) is -0.322. The number of halogens is 1. The second-order valence-electron chi connectivity index (χ2n) is 6.28. The number of hydrogen-bond acceptors (Lipinski definition) is 7. The molecule has 0 saturated carbocycles. The van der Waals surface area contributed by atoms with Gasteiger partial charge in [0.15, 0.2) is 23.8 Å². The van der Waals surface area contributed by atoms with E-state index in [0.717, 1.165) is 11.1 Å². The summed E-state index contributed by atoms with van der Waals surface area (Å²) < 4.78 is 20.9. The zero-order valence-corrected chi connectivity index (χ0v) is 17.5. The van der Waals surface area contributed by atoms with E-state index in [9.17, 15) is 9.59 Å². The highest BCUT2D eigenvalue weighted by Gasteiger charge is 2.25. The Morgan fingerprint density at radius 3 is 2.70 bits per heavy atom. The smallest absolute Gasteiger partial charge is 0.363 e. The maximum atomic E-state index is 12.3. The molecule has 0 aromatic heterocycles. The molecule has 0 fully saturated rings. The molecule has 1 aliphatic rings. The molecule has 0 unspecified atom stereocenters. The third-order valence-corrected chi connectivity index (χ3v) is 4.47. The molecular formula is C22H20ClNO6. The molecule has 0 spiro atoms. The van der Waals surface area contributed by atoms with E-state index in [-0.39, 0.29) is 29.0 Å². The lowest BCUT2D eigenvalue weighted by Gasteiger charge is -2.13. The van der Waals surface area contributed by atoms with E-state index in [1.54, 1.807) is 25.1 Å². The van der Waals surface area contributed by atoms with E-state index >= 15 is 0 Å². The van der Waals surface area contributed by atoms with E-state index in [0.29, 0.717) is 17.9 Å². The van der Waals surface area contributed by atoms with Gasteiger partial charge < -0.3 is 18.9 Å². The largest absolute Gasteiger partial charge is 0.490 e. The van der Waals surface area contributed by atoms with Crippen LogP contribution in [-0.4, -0.2) is 38.2 Å². The Morgan fingerprint density at radius 1 is 1.23 bits per heavy atom. The Morgan fingerprint density at radius 2 is 2.00 bits per heavy atom. The third-order valence-electron chi connectivity index (χ3n) is 4.19. The fourth-order valence-corrected chi connectivity index (χ4v) is 3.03. The molecule has 0 amide bonds. The molecule has 0 atom stereocenters. The number of hydrogen-bond donors (Lipinski definition) is 0. The van der Waals surface area contributed by atoms with Crippen LogP contribution < -0.4 is 9.47 Å². The standard InChI is InChI=1S/C22H20ClNO6/c1-4-28-18-11-14(9-16(23)20(18)29-12-19(25)27-3)10-17-22(26)30-21(24-17)15-8-6-5-7-13(15)2/h5-11H,4,12H2,1-3H3/b17-10-. The average Bonchev–Trinajstić information content (AvgIpc) is 3.07. The van der Waals surface area contributed by atoms with Gasteiger partial charge in [-0.05, 0) is 49.2 Å². The van der Waals surface area contributed by atoms with Crippen LogP contribution in [0.5, 0.6) is 11.5 Å². The Balaban J connectivity index is 1.93. The van der Waals surface area contributed by atoms with E-state index in [1.807, 2.05) is 31.2 Å². The minimum atomic E-state index is -0.562. The minimum absolute atomic E-state index is 0.134. The van der Waals surface area contributed by atoms with Crippen LogP contribution >= 0.6 is 11.6 Å². The Labute approximate surface area is 178 Å². The fraction of sp³-hybridized carbons (Fsp3) is 0.227. The second kappa shape index (κ2) is 9.45. The molecule has 2 aromatic rings. The van der Waals surface area contributed by atoms with Crippen LogP contribution in [0, 0.1) is 6.92 Å². The fourth-order valence-electron chi connectivity index (χ4n) is 2.76. The van der Waals surface area contributed by atoms with E-state index < -0.39 is 11.9 Å². The van der Waals surface area contributed by atoms with Gasteiger partial charge >= 0.3 is 11.9 Å². The third kappa shape index (κ3) is 4.80. The highest BCUT2D eigenvalue weighted by Crippen LogP contribution is 2.37. The van der Waals surface area contributed by atoms with Gasteiger partial charge in [0.05, 0.1) is 18.7 Å². The van der Waals surface area contributed by atoms with Crippen molar-refractivity contribution < 1.29 is 28.5 Å². The summed E-state index contributed by atoms with van der Waals surface area (Å²) in [6, 6.07) is 10.7. The van der Waals surface area contributed by atoms with Crippen LogP contribution in [-0.2, 0) is 19.1 Å². The lowest BCUT2D eigenvalue weighted by atomic mass is 10.1. The predicted octanol–water partition coefficient (Wildman–Crippen LogP) is 3.94. The van der Waals surface area contributed by atoms with Crippen LogP contribution in [0.15, 0.2) is 47.1 Å². The van der Waals surface area contributed by atoms with E-state index in [2.05, 4.69) is 9.73 Å². The maximum Gasteiger partial charge on any atom is 0.363 e. The van der Waals surface area contributed by atoms with Gasteiger partial charge in [-0.1, -0.05) is 29.8 Å². The molecule has 156 valence electrons. The summed E-state index contributed by atoms with van der Waals surface area (Å²) in [5.41, 5.74) is 2.39. The first-order valence-corrected chi connectivity index (χ1v) is 9.55. The number of rotatable bonds is 7. The molecule has 0 saturated heterocycles. The average molecular weight is 430 g/mol. The Kier molecular flexibility index (Phi) is 6.74. The van der Waals surface area contributed by atoms with E-state index in [4.69, 9.17) is 25.8 Å². The monoisotopic (exact) mass is 429 g/mol. The first-order chi connectivity index (χ1) is 14.4. The molecule has 1 heterocycles. The molecule has 2 aromatic carbocycles. The zero-order chi connectivity index (χ0) is 21.7. The summed E-state index contributed by atoms with van der Waals surface area (Å²) in [5, 5.41) is 0.214. The predicted molar refractivity (Wildman–Crippen MR) is 112 cm³/mol. The van der Waals surface area contributed by atoms with Gasteiger partial charge in [0.1, 0.15) is 0 Å². The summed E-state index contributed by atoms with van der Waals surface area (Å²) >= 11 is 6.33. The minimum Gasteiger partial charge on any atom is -0.490 e. The first-order valence-electron chi connectivity index (χ1n) is 9.17. The van der Waals surface area contributed by atoms with Crippen molar-refractivity contribution >= 4 is 35.5 Å². The quantitative estimate of drug-likeness (QED) is 0.489. The van der Waals surface area contributed by atoms with Gasteiger partial charge in [-0.15, -0.1) is 0 Å². The number of nitrogens with zero attached hydrogens (tertiary/aromatic N) is 1. The molecule has 0 radical (unpaired) electrons. The van der Waals surface area contributed by atoms with Crippen LogP contribution in [0.3, 0.4) is 0 Å². The summed E-state index contributed by atoms with van der Waals surface area (Å²) in [6.45, 7) is 3.75. The number of benzene rings is 2. The normalized spacial score (nSPS) is 14.3. The van der Waals surface area contributed by atoms with E-state index in [1.165, 1.54) is 7.11 Å². The van der Waals surface area contributed by atoms with Crippen LogP contribution in [0.4, 0.5) is 0 Å². The number of carbonyl (C=O) groups excluding carboxylic acids is 2. The Bertz CT molecular complexity index is 1040. The molecule has 0 aliphatic carbocycles. The number of ether oxygens (including phenoxy) is 4. The SMILES string of the molecule is CCOc1cc(/C=C2\N=C(c3ccccc3C)OC2=O)cc(Cl)c1OCC(=O)OC. The summed E-state index contributed by atoms with van der Waals surface area (Å²) in [7, 11) is 1.26. The van der Waals surface area contributed by atoms with Crippen molar-refractivity contribution in [3.05, 3.63) is 63.8 Å². The Hall–Kier alpha value is -3.32. The molecule has 30 heavy (non-hydrogen) atoms. The molecule has 0 N–H and O–H groups in total. The van der Waals surface area contributed by atoms with Gasteiger partial charge in [-0.2, -0.15) is 0 Å². The van der Waals surface area contributed by atoms with Crippen molar-refractivity contribution in [3.8, 4) is 11.5 Å². The lowest BCUT2D eigenvalue weighted by molar-refractivity contribution is -0.143. The number of esters is 2. The first kappa shape index (κ1) is 21.4. The number of carbonyl (C=O) groups is 2. The molecule has 7 nitrogen and oxygen atoms in total. The maximum absolute atomic E-state index is 12.3. The lowest BCUT2D eigenvalue weighted by Crippen LogP contribution is -2.13. The molecule has 0 bridgehead atoms. The highest BCUT2D eigenvalue weighted by atomic mass is 35.5. The van der Waals surface area contributed by atoms with Crippen molar-refractivity contribution in [1.82, 2.24) is 0 Å². The van der Waals surface area contributed by atoms with Gasteiger partial charge in [0, 0.05) is 5.56 Å². The number of aryl methyl sites for hydroxylation is 1. The molecule has 8 heteroatoms. The number of cyclic esters (lactones) is 1. The van der Waals surface area contributed by atoms with Crippen LogP contribution in [0.25, 0.3) is 6.08 Å². The molecule has 3 rings (SSSR count). The van der Waals surface area contributed by atoms with Crippen LogP contribution in [0.2, 0.25) is 5.02 Å². The van der Waals surface area contributed by atoms with Gasteiger partial charge in [0.25, 0.3) is 0 Å². The van der Waals surface area contributed by atoms with Crippen molar-refractivity contribution in [1.29, 1.82) is 0 Å². The van der Waals surface area contributed by atoms with Gasteiger partial charge in [-0.25, -0.2) is 14.6 Å². The van der Waals surface area contributed by atoms with Crippen molar-refractivity contribution in [3.63, 3.8) is 0 Å². The highest BCUT2D eigenvalue weighted by molar-refractivity contribution is 6.32. The second-order valence-corrected chi connectivity index (χ2v) is 6.69. The van der Waals surface area contributed by atoms with Gasteiger partial charge in [0.2, 0.25) is 5.90 Å². The van der Waals surface area contributed by atoms with Gasteiger partial charge in [-0.3, -0.25) is 0 Å². The van der Waals surface area contributed by atoms with Crippen LogP contribution in [0.1, 0.15) is 23.6 Å². The number of methoxy groups -OCH3 is 1. The summed E-state index contributed by atoms with van der Waals surface area (Å²) in [4.78, 5) is 28.0. The van der Waals surface area contributed by atoms with Crippen molar-refractivity contribution in [2.24, 2.45) is 4.99 Å². The topological polar surface area (TPSA) is 83.4 Å².